The van der Waals surface area contributed by atoms with Gasteiger partial charge in [0.2, 0.25) is 10.0 Å². The fourth-order valence-corrected chi connectivity index (χ4v) is 2.24. The number of sulfonamides is 1. The Hall–Kier alpha value is -1.90. The van der Waals surface area contributed by atoms with Gasteiger partial charge in [0.05, 0.1) is 17.9 Å². The third-order valence-corrected chi connectivity index (χ3v) is 3.23. The number of rotatable bonds is 7. The normalized spacial score (nSPS) is 11.3. The summed E-state index contributed by atoms with van der Waals surface area (Å²) in [4.78, 5) is 10.3. The Bertz CT molecular complexity index is 547. The van der Waals surface area contributed by atoms with Crippen molar-refractivity contribution < 1.29 is 31.8 Å². The van der Waals surface area contributed by atoms with Crippen molar-refractivity contribution in [3.05, 3.63) is 24.3 Å². The number of benzene rings is 1. The minimum atomic E-state index is -3.94. The number of ether oxygens (including phenoxy) is 1. The zero-order valence-corrected chi connectivity index (χ0v) is 10.4. The van der Waals surface area contributed by atoms with E-state index in [-0.39, 0.29) is 11.4 Å². The molecule has 0 saturated carbocycles. The second-order valence-corrected chi connectivity index (χ2v) is 5.28. The topological polar surface area (TPSA) is 92.7 Å². The molecule has 0 aliphatic heterocycles. The molecule has 0 fully saturated rings. The molecule has 2 N–H and O–H groups in total. The van der Waals surface area contributed by atoms with Gasteiger partial charge in [-0.15, -0.1) is 0 Å². The third kappa shape index (κ3) is 5.51. The van der Waals surface area contributed by atoms with Crippen LogP contribution in [0.3, 0.4) is 0 Å². The van der Waals surface area contributed by atoms with Crippen molar-refractivity contribution in [3.63, 3.8) is 0 Å². The van der Waals surface area contributed by atoms with E-state index < -0.39 is 34.8 Å². The van der Waals surface area contributed by atoms with Crippen LogP contribution in [0.1, 0.15) is 6.42 Å². The Morgan fingerprint density at radius 3 is 2.58 bits per heavy atom. The van der Waals surface area contributed by atoms with Crippen LogP contribution in [0, 0.1) is 0 Å². The number of nitrogens with one attached hydrogen (secondary N) is 1. The van der Waals surface area contributed by atoms with Crippen LogP contribution in [0.4, 0.5) is 14.5 Å². The first-order valence-electron chi connectivity index (χ1n) is 5.06. The minimum absolute atomic E-state index is 0.173. The van der Waals surface area contributed by atoms with E-state index >= 15 is 0 Å². The van der Waals surface area contributed by atoms with Gasteiger partial charge in [-0.25, -0.2) is 8.42 Å². The van der Waals surface area contributed by atoms with Crippen molar-refractivity contribution in [3.8, 4) is 5.75 Å². The summed E-state index contributed by atoms with van der Waals surface area (Å²) in [6.45, 7) is -3.09. The minimum Gasteiger partial charge on any atom is -0.481 e. The third-order valence-electron chi connectivity index (χ3n) is 1.95. The first kappa shape index (κ1) is 15.2. The zero-order chi connectivity index (χ0) is 14.5. The predicted molar refractivity (Wildman–Crippen MR) is 62.7 cm³/mol. The summed E-state index contributed by atoms with van der Waals surface area (Å²) in [5, 5.41) is 8.40. The Labute approximate surface area is 108 Å². The van der Waals surface area contributed by atoms with Crippen LogP contribution < -0.4 is 9.46 Å². The van der Waals surface area contributed by atoms with E-state index in [2.05, 4.69) is 4.74 Å². The van der Waals surface area contributed by atoms with Crippen molar-refractivity contribution >= 4 is 21.7 Å². The second-order valence-electron chi connectivity index (χ2n) is 3.44. The van der Waals surface area contributed by atoms with Crippen molar-refractivity contribution in [1.82, 2.24) is 0 Å². The monoisotopic (exact) mass is 295 g/mol. The second kappa shape index (κ2) is 6.32. The van der Waals surface area contributed by atoms with Crippen LogP contribution in [0.15, 0.2) is 24.3 Å². The molecule has 9 heteroatoms. The number of aliphatic carboxylic acids is 1. The predicted octanol–water partition coefficient (Wildman–Crippen LogP) is 1.50. The van der Waals surface area contributed by atoms with E-state index in [1.165, 1.54) is 24.3 Å². The Morgan fingerprint density at radius 1 is 1.37 bits per heavy atom. The molecule has 0 radical (unpaired) electrons. The van der Waals surface area contributed by atoms with Gasteiger partial charge >= 0.3 is 12.6 Å². The Kier molecular flexibility index (Phi) is 5.04. The number of para-hydroxylation sites is 2. The van der Waals surface area contributed by atoms with Crippen molar-refractivity contribution in [2.45, 2.75) is 13.0 Å². The Balaban J connectivity index is 2.83. The molecule has 1 rings (SSSR count). The first-order valence-corrected chi connectivity index (χ1v) is 6.71. The highest BCUT2D eigenvalue weighted by Crippen LogP contribution is 2.26. The molecule has 6 nitrogen and oxygen atoms in total. The lowest BCUT2D eigenvalue weighted by Crippen LogP contribution is -2.19. The van der Waals surface area contributed by atoms with Gasteiger partial charge in [-0.3, -0.25) is 9.52 Å². The highest BCUT2D eigenvalue weighted by molar-refractivity contribution is 7.92. The number of carboxylic acids is 1. The number of carbonyl (C=O) groups is 1. The molecule has 1 aromatic carbocycles. The lowest BCUT2D eigenvalue weighted by molar-refractivity contribution is -0.136. The number of hydrogen-bond acceptors (Lipinski definition) is 4. The maximum Gasteiger partial charge on any atom is 0.387 e. The van der Waals surface area contributed by atoms with Crippen LogP contribution in [0.5, 0.6) is 5.75 Å². The molecule has 0 spiro atoms. The van der Waals surface area contributed by atoms with Crippen LogP contribution in [-0.2, 0) is 14.8 Å². The number of hydrogen-bond donors (Lipinski definition) is 2. The van der Waals surface area contributed by atoms with Crippen LogP contribution >= 0.6 is 0 Å². The Morgan fingerprint density at radius 2 is 2.00 bits per heavy atom. The van der Waals surface area contributed by atoms with E-state index in [0.29, 0.717) is 0 Å². The number of alkyl halides is 2. The van der Waals surface area contributed by atoms with E-state index in [1.807, 2.05) is 4.72 Å². The molecular formula is C10H11F2NO5S. The molecule has 1 aromatic rings. The molecule has 0 atom stereocenters. The number of carboxylic acid groups (broad SMARTS) is 1. The maximum absolute atomic E-state index is 12.1. The SMILES string of the molecule is O=C(O)CCS(=O)(=O)Nc1ccccc1OC(F)F. The molecule has 0 heterocycles. The molecule has 19 heavy (non-hydrogen) atoms. The van der Waals surface area contributed by atoms with E-state index in [4.69, 9.17) is 5.11 Å². The van der Waals surface area contributed by atoms with Gasteiger partial charge in [0.25, 0.3) is 0 Å². The molecule has 0 aromatic heterocycles. The highest BCUT2D eigenvalue weighted by atomic mass is 32.2. The standard InChI is InChI=1S/C10H11F2NO5S/c11-10(12)18-8-4-2-1-3-7(8)13-19(16,17)6-5-9(14)15/h1-4,10,13H,5-6H2,(H,14,15). The summed E-state index contributed by atoms with van der Waals surface area (Å²) in [5.74, 6) is -2.27. The van der Waals surface area contributed by atoms with Crippen molar-refractivity contribution in [2.75, 3.05) is 10.5 Å². The maximum atomic E-state index is 12.1. The van der Waals surface area contributed by atoms with Crippen LogP contribution in [0.2, 0.25) is 0 Å². The van der Waals surface area contributed by atoms with E-state index in [1.54, 1.807) is 0 Å². The first-order chi connectivity index (χ1) is 8.80. The summed E-state index contributed by atoms with van der Waals surface area (Å²) in [5.41, 5.74) is -0.173. The summed E-state index contributed by atoms with van der Waals surface area (Å²) < 4.78 is 53.4. The van der Waals surface area contributed by atoms with Gasteiger partial charge in [0.15, 0.2) is 0 Å². The summed E-state index contributed by atoms with van der Waals surface area (Å²) in [6, 6.07) is 5.22. The van der Waals surface area contributed by atoms with Crippen LogP contribution in [0.25, 0.3) is 0 Å². The van der Waals surface area contributed by atoms with Gasteiger partial charge in [-0.1, -0.05) is 12.1 Å². The van der Waals surface area contributed by atoms with Gasteiger partial charge in [0, 0.05) is 0 Å². The van der Waals surface area contributed by atoms with Gasteiger partial charge < -0.3 is 9.84 Å². The summed E-state index contributed by atoms with van der Waals surface area (Å²) >= 11 is 0. The fourth-order valence-electron chi connectivity index (χ4n) is 1.19. The largest absolute Gasteiger partial charge is 0.481 e. The molecule has 0 unspecified atom stereocenters. The van der Waals surface area contributed by atoms with Gasteiger partial charge in [-0.05, 0) is 12.1 Å². The molecule has 0 amide bonds. The molecule has 0 aliphatic rings. The lowest BCUT2D eigenvalue weighted by Gasteiger charge is -2.12. The number of halogens is 2. The summed E-state index contributed by atoms with van der Waals surface area (Å²) in [7, 11) is -3.94. The molecule has 0 saturated heterocycles. The summed E-state index contributed by atoms with van der Waals surface area (Å²) in [6.07, 6.45) is -0.590. The molecule has 106 valence electrons. The average Bonchev–Trinajstić information content (AvgIpc) is 2.28. The number of anilines is 1. The van der Waals surface area contributed by atoms with Gasteiger partial charge in [-0.2, -0.15) is 8.78 Å². The van der Waals surface area contributed by atoms with Gasteiger partial charge in [0.1, 0.15) is 5.75 Å². The van der Waals surface area contributed by atoms with Crippen molar-refractivity contribution in [2.24, 2.45) is 0 Å². The molecule has 0 aliphatic carbocycles. The molecule has 0 bridgehead atoms. The molecular weight excluding hydrogens is 284 g/mol. The quantitative estimate of drug-likeness (QED) is 0.795. The van der Waals surface area contributed by atoms with Crippen LogP contribution in [-0.4, -0.2) is 31.9 Å². The van der Waals surface area contributed by atoms with E-state index in [0.717, 1.165) is 0 Å². The lowest BCUT2D eigenvalue weighted by atomic mass is 10.3. The smallest absolute Gasteiger partial charge is 0.387 e. The van der Waals surface area contributed by atoms with E-state index in [9.17, 15) is 22.0 Å². The highest BCUT2D eigenvalue weighted by Gasteiger charge is 2.16. The zero-order valence-electron chi connectivity index (χ0n) is 9.55. The average molecular weight is 295 g/mol. The van der Waals surface area contributed by atoms with Crippen molar-refractivity contribution in [1.29, 1.82) is 0 Å². The fraction of sp³-hybridized carbons (Fsp3) is 0.300.